The Labute approximate surface area is 64.0 Å². The second kappa shape index (κ2) is 7.68. The number of hydrogen-bond donors (Lipinski definition) is 0. The molecule has 0 rings (SSSR count). The first-order valence-corrected chi connectivity index (χ1v) is 2.95. The molecule has 0 atom stereocenters. The minimum Gasteiger partial charge on any atom is -0.294 e. The van der Waals surface area contributed by atoms with Crippen molar-refractivity contribution in [2.24, 2.45) is 5.92 Å². The van der Waals surface area contributed by atoms with Crippen molar-refractivity contribution < 1.29 is 28.6 Å². The van der Waals surface area contributed by atoms with E-state index in [2.05, 4.69) is 4.52 Å². The smallest absolute Gasteiger partial charge is 0.294 e. The zero-order chi connectivity index (χ0) is 5.70. The summed E-state index contributed by atoms with van der Waals surface area (Å²) in [6.45, 7) is 4.58. The molecular weight excluding hydrogens is 176 g/mol. The zero-order valence-electron chi connectivity index (χ0n) is 5.26. The third kappa shape index (κ3) is 9.84. The Bertz CT molecular complexity index is 58.0. The average molecular weight is 185 g/mol. The molecule has 0 aromatic carbocycles. The van der Waals surface area contributed by atoms with E-state index in [-0.39, 0.29) is 28.2 Å². The molecule has 0 unspecified atom stereocenters. The summed E-state index contributed by atoms with van der Waals surface area (Å²) < 4.78 is 14.1. The first-order chi connectivity index (χ1) is 3.27. The van der Waals surface area contributed by atoms with E-state index in [1.165, 1.54) is 0 Å². The van der Waals surface area contributed by atoms with Gasteiger partial charge in [0, 0.05) is 19.5 Å². The van der Waals surface area contributed by atoms with Crippen LogP contribution in [0, 0.1) is 5.92 Å². The number of hydrogen-bond acceptors (Lipinski definition) is 2. The summed E-state index contributed by atoms with van der Waals surface area (Å²) in [6, 6.07) is 0. The molecule has 2 nitrogen and oxygen atoms in total. The van der Waals surface area contributed by atoms with E-state index in [4.69, 9.17) is 0 Å². The van der Waals surface area contributed by atoms with E-state index in [0.717, 1.165) is 0 Å². The molecule has 0 saturated heterocycles. The number of rotatable bonds is 3. The van der Waals surface area contributed by atoms with Gasteiger partial charge in [-0.2, -0.15) is 0 Å². The van der Waals surface area contributed by atoms with Crippen LogP contribution in [0.25, 0.3) is 0 Å². The summed E-state index contributed by atoms with van der Waals surface area (Å²) >= 11 is 0. The predicted octanol–water partition coefficient (Wildman–Crippen LogP) is 1.86. The van der Waals surface area contributed by atoms with Crippen LogP contribution in [0.4, 0.5) is 0 Å². The summed E-state index contributed by atoms with van der Waals surface area (Å²) in [5, 5.41) is 0. The molecule has 0 aromatic rings. The Kier molecular flexibility index (Phi) is 11.0. The van der Waals surface area contributed by atoms with Gasteiger partial charge in [-0.15, -0.1) is 0 Å². The van der Waals surface area contributed by atoms with Gasteiger partial charge in [-0.1, -0.05) is 13.8 Å². The van der Waals surface area contributed by atoms with Gasteiger partial charge < -0.3 is 0 Å². The minimum atomic E-state index is -0.210. The molecule has 44 valence electrons. The second-order valence-electron chi connectivity index (χ2n) is 1.76. The van der Waals surface area contributed by atoms with Crippen molar-refractivity contribution in [2.45, 2.75) is 13.8 Å². The Balaban J connectivity index is 0. The van der Waals surface area contributed by atoms with Gasteiger partial charge in [0.05, 0.1) is 6.61 Å². The molecule has 0 aliphatic carbocycles. The van der Waals surface area contributed by atoms with Crippen molar-refractivity contribution in [3.63, 3.8) is 0 Å². The maximum absolute atomic E-state index is 9.58. The van der Waals surface area contributed by atoms with E-state index in [0.29, 0.717) is 12.5 Å². The third-order valence-corrected chi connectivity index (χ3v) is 0.715. The van der Waals surface area contributed by atoms with E-state index in [1.807, 2.05) is 13.8 Å². The Morgan fingerprint density at radius 1 is 1.62 bits per heavy atom. The van der Waals surface area contributed by atoms with Gasteiger partial charge in [-0.3, -0.25) is 4.52 Å². The van der Waals surface area contributed by atoms with E-state index in [9.17, 15) is 4.57 Å². The summed E-state index contributed by atoms with van der Waals surface area (Å²) in [7, 11) is -0.210. The van der Waals surface area contributed by atoms with Crippen LogP contribution in [0.3, 0.4) is 0 Å². The molecule has 0 fully saturated rings. The van der Waals surface area contributed by atoms with Crippen LogP contribution in [0.1, 0.15) is 13.8 Å². The molecule has 0 amide bonds. The first kappa shape index (κ1) is 11.5. The van der Waals surface area contributed by atoms with Crippen molar-refractivity contribution in [1.82, 2.24) is 0 Å². The van der Waals surface area contributed by atoms with Crippen LogP contribution in [0.5, 0.6) is 0 Å². The Morgan fingerprint density at radius 2 is 2.12 bits per heavy atom. The van der Waals surface area contributed by atoms with Gasteiger partial charge in [-0.25, -0.2) is 4.57 Å². The van der Waals surface area contributed by atoms with Gasteiger partial charge in [0.25, 0.3) is 0 Å². The van der Waals surface area contributed by atoms with Crippen LogP contribution in [0.2, 0.25) is 0 Å². The molecule has 0 spiro atoms. The van der Waals surface area contributed by atoms with Crippen LogP contribution >= 0.6 is 8.69 Å². The molecule has 0 radical (unpaired) electrons. The molecule has 0 bridgehead atoms. The minimum absolute atomic E-state index is 0. The fourth-order valence-electron chi connectivity index (χ4n) is 0.180. The van der Waals surface area contributed by atoms with E-state index < -0.39 is 0 Å². The molecule has 8 heavy (non-hydrogen) atoms. The van der Waals surface area contributed by atoms with Crippen molar-refractivity contribution in [1.29, 1.82) is 0 Å². The van der Waals surface area contributed by atoms with Crippen molar-refractivity contribution >= 4 is 8.69 Å². The van der Waals surface area contributed by atoms with Crippen molar-refractivity contribution in [2.75, 3.05) is 6.61 Å². The Morgan fingerprint density at radius 3 is 2.25 bits per heavy atom. The molecule has 0 aliphatic rings. The molecule has 4 heteroatoms. The second-order valence-corrected chi connectivity index (χ2v) is 2.17. The molecule has 0 heterocycles. The Hall–Kier alpha value is 0.683. The molecule has 0 N–H and O–H groups in total. The van der Waals surface area contributed by atoms with Gasteiger partial charge in [0.15, 0.2) is 0 Å². The third-order valence-electron chi connectivity index (χ3n) is 0.461. The monoisotopic (exact) mass is 184 g/mol. The summed E-state index contributed by atoms with van der Waals surface area (Å²) in [6.07, 6.45) is 0. The standard InChI is InChI=1S/C4H9O2P.Zn/c1-4(2)3-6-7-5;/h4H,3H2,1-2H3;. The average Bonchev–Trinajstić information content (AvgIpc) is 1.61. The SMILES string of the molecule is CC(C)COP=O.[Zn]. The maximum atomic E-state index is 9.58. The van der Waals surface area contributed by atoms with Crippen LogP contribution in [0.15, 0.2) is 0 Å². The first-order valence-electron chi connectivity index (χ1n) is 2.22. The summed E-state index contributed by atoms with van der Waals surface area (Å²) in [5.74, 6) is 0.474. The van der Waals surface area contributed by atoms with Gasteiger partial charge in [0.2, 0.25) is 0 Å². The largest absolute Gasteiger partial charge is 0.327 e. The summed E-state index contributed by atoms with van der Waals surface area (Å²) in [5.41, 5.74) is 0. The molecular formula is C4H9O2PZn. The van der Waals surface area contributed by atoms with Crippen molar-refractivity contribution in [3.8, 4) is 0 Å². The fourth-order valence-corrected chi connectivity index (χ4v) is 0.539. The summed E-state index contributed by atoms with van der Waals surface area (Å²) in [4.78, 5) is 0. The topological polar surface area (TPSA) is 26.3 Å². The van der Waals surface area contributed by atoms with Crippen LogP contribution < -0.4 is 0 Å². The normalized spacial score (nSPS) is 9.38. The maximum Gasteiger partial charge on any atom is 0.327 e. The molecule has 0 aliphatic heterocycles. The quantitative estimate of drug-likeness (QED) is 0.496. The van der Waals surface area contributed by atoms with Gasteiger partial charge in [0.1, 0.15) is 0 Å². The molecule has 0 saturated carbocycles. The molecule has 0 aromatic heterocycles. The van der Waals surface area contributed by atoms with Crippen LogP contribution in [-0.4, -0.2) is 6.61 Å². The van der Waals surface area contributed by atoms with E-state index in [1.54, 1.807) is 0 Å². The van der Waals surface area contributed by atoms with Gasteiger partial charge >= 0.3 is 8.69 Å². The van der Waals surface area contributed by atoms with Crippen molar-refractivity contribution in [3.05, 3.63) is 0 Å². The van der Waals surface area contributed by atoms with Crippen LogP contribution in [-0.2, 0) is 28.6 Å². The zero-order valence-corrected chi connectivity index (χ0v) is 9.12. The van der Waals surface area contributed by atoms with Gasteiger partial charge in [-0.05, 0) is 5.92 Å². The van der Waals surface area contributed by atoms with E-state index >= 15 is 0 Å². The predicted molar refractivity (Wildman–Crippen MR) is 28.4 cm³/mol. The fraction of sp³-hybridized carbons (Fsp3) is 1.00.